The average Bonchev–Trinajstić information content (AvgIpc) is 2.59. The van der Waals surface area contributed by atoms with E-state index < -0.39 is 5.82 Å². The summed E-state index contributed by atoms with van der Waals surface area (Å²) in [5, 5.41) is 13.0. The molecule has 5 nitrogen and oxygen atoms in total. The van der Waals surface area contributed by atoms with E-state index in [1.165, 1.54) is 12.1 Å². The van der Waals surface area contributed by atoms with Gasteiger partial charge in [0.1, 0.15) is 5.82 Å². The monoisotopic (exact) mass is 331 g/mol. The summed E-state index contributed by atoms with van der Waals surface area (Å²) >= 11 is 0. The van der Waals surface area contributed by atoms with Crippen LogP contribution in [0.25, 0.3) is 10.9 Å². The molecule has 6 heteroatoms. The fourth-order valence-corrected chi connectivity index (χ4v) is 3.07. The molecule has 0 aliphatic carbocycles. The van der Waals surface area contributed by atoms with Gasteiger partial charge in [-0.2, -0.15) is 0 Å². The Balaban J connectivity index is 1.54. The minimum Gasteiger partial charge on any atom is -0.393 e. The predicted octanol–water partition coefficient (Wildman–Crippen LogP) is 1.95. The van der Waals surface area contributed by atoms with Crippen molar-refractivity contribution in [3.8, 4) is 0 Å². The summed E-state index contributed by atoms with van der Waals surface area (Å²) in [6, 6.07) is 6.08. The van der Waals surface area contributed by atoms with Gasteiger partial charge in [-0.25, -0.2) is 4.39 Å². The number of nitrogens with zero attached hydrogens (tertiary/aromatic N) is 2. The maximum Gasteiger partial charge on any atom is 0.253 e. The smallest absolute Gasteiger partial charge is 0.253 e. The van der Waals surface area contributed by atoms with E-state index in [1.54, 1.807) is 18.3 Å². The summed E-state index contributed by atoms with van der Waals surface area (Å²) in [4.78, 5) is 18.8. The van der Waals surface area contributed by atoms with Crippen molar-refractivity contribution >= 4 is 16.8 Å². The van der Waals surface area contributed by atoms with Crippen molar-refractivity contribution in [2.24, 2.45) is 0 Å². The van der Waals surface area contributed by atoms with E-state index in [0.29, 0.717) is 17.4 Å². The predicted molar refractivity (Wildman–Crippen MR) is 90.3 cm³/mol. The Morgan fingerprint density at radius 3 is 2.96 bits per heavy atom. The van der Waals surface area contributed by atoms with Gasteiger partial charge in [0.2, 0.25) is 0 Å². The first-order chi connectivity index (χ1) is 11.6. The molecule has 1 aliphatic rings. The SMILES string of the molecule is O=C(NCCCN1CCC(O)CC1)c1cc(F)cc2cccnc12. The van der Waals surface area contributed by atoms with Gasteiger partial charge in [0.25, 0.3) is 5.91 Å². The van der Waals surface area contributed by atoms with Gasteiger partial charge in [0.05, 0.1) is 17.2 Å². The number of benzene rings is 1. The molecule has 0 atom stereocenters. The number of aliphatic hydroxyl groups excluding tert-OH is 1. The van der Waals surface area contributed by atoms with Crippen LogP contribution in [-0.4, -0.2) is 53.2 Å². The second-order valence-electron chi connectivity index (χ2n) is 6.21. The third-order valence-electron chi connectivity index (χ3n) is 4.41. The molecule has 1 fully saturated rings. The topological polar surface area (TPSA) is 65.5 Å². The van der Waals surface area contributed by atoms with E-state index >= 15 is 0 Å². The van der Waals surface area contributed by atoms with Crippen LogP contribution in [0.1, 0.15) is 29.6 Å². The number of aliphatic hydroxyl groups is 1. The first-order valence-corrected chi connectivity index (χ1v) is 8.36. The van der Waals surface area contributed by atoms with Crippen molar-refractivity contribution in [3.05, 3.63) is 41.8 Å². The van der Waals surface area contributed by atoms with Crippen LogP contribution in [0, 0.1) is 5.82 Å². The molecular weight excluding hydrogens is 309 g/mol. The van der Waals surface area contributed by atoms with Crippen molar-refractivity contribution in [1.29, 1.82) is 0 Å². The van der Waals surface area contributed by atoms with Crippen molar-refractivity contribution in [2.75, 3.05) is 26.2 Å². The Labute approximate surface area is 140 Å². The van der Waals surface area contributed by atoms with Gasteiger partial charge >= 0.3 is 0 Å². The molecule has 1 aromatic carbocycles. The molecular formula is C18H22FN3O2. The normalized spacial score (nSPS) is 16.4. The number of likely N-dealkylation sites (tertiary alicyclic amines) is 1. The van der Waals surface area contributed by atoms with E-state index in [-0.39, 0.29) is 17.6 Å². The van der Waals surface area contributed by atoms with E-state index in [1.807, 2.05) is 0 Å². The number of carbonyl (C=O) groups is 1. The number of rotatable bonds is 5. The lowest BCUT2D eigenvalue weighted by Gasteiger charge is -2.29. The van der Waals surface area contributed by atoms with Gasteiger partial charge in [-0.15, -0.1) is 0 Å². The van der Waals surface area contributed by atoms with Crippen LogP contribution in [0.5, 0.6) is 0 Å². The number of hydrogen-bond acceptors (Lipinski definition) is 4. The molecule has 0 radical (unpaired) electrons. The number of halogens is 1. The Hall–Kier alpha value is -2.05. The maximum absolute atomic E-state index is 13.7. The summed E-state index contributed by atoms with van der Waals surface area (Å²) in [6.45, 7) is 3.21. The Morgan fingerprint density at radius 2 is 2.17 bits per heavy atom. The summed E-state index contributed by atoms with van der Waals surface area (Å²) in [5.74, 6) is -0.736. The van der Waals surface area contributed by atoms with Crippen molar-refractivity contribution in [2.45, 2.75) is 25.4 Å². The third kappa shape index (κ3) is 4.07. The number of fused-ring (bicyclic) bond motifs is 1. The van der Waals surface area contributed by atoms with Crippen LogP contribution >= 0.6 is 0 Å². The van der Waals surface area contributed by atoms with Crippen LogP contribution < -0.4 is 5.32 Å². The maximum atomic E-state index is 13.7. The molecule has 2 heterocycles. The highest BCUT2D eigenvalue weighted by Crippen LogP contribution is 2.18. The van der Waals surface area contributed by atoms with E-state index in [2.05, 4.69) is 15.2 Å². The highest BCUT2D eigenvalue weighted by atomic mass is 19.1. The van der Waals surface area contributed by atoms with Crippen LogP contribution in [0.3, 0.4) is 0 Å². The molecule has 1 amide bonds. The van der Waals surface area contributed by atoms with Gasteiger partial charge in [0, 0.05) is 31.2 Å². The molecule has 3 rings (SSSR count). The first-order valence-electron chi connectivity index (χ1n) is 8.36. The average molecular weight is 331 g/mol. The Bertz CT molecular complexity index is 714. The van der Waals surface area contributed by atoms with Crippen LogP contribution in [0.15, 0.2) is 30.5 Å². The fourth-order valence-electron chi connectivity index (χ4n) is 3.07. The van der Waals surface area contributed by atoms with E-state index in [0.717, 1.165) is 38.9 Å². The Kier molecular flexibility index (Phi) is 5.37. The van der Waals surface area contributed by atoms with Crippen LogP contribution in [-0.2, 0) is 0 Å². The molecule has 2 N–H and O–H groups in total. The number of carbonyl (C=O) groups excluding carboxylic acids is 1. The molecule has 0 bridgehead atoms. The zero-order valence-corrected chi connectivity index (χ0v) is 13.5. The largest absolute Gasteiger partial charge is 0.393 e. The minimum absolute atomic E-state index is 0.172. The van der Waals surface area contributed by atoms with Gasteiger partial charge in [-0.05, 0) is 44.0 Å². The molecule has 1 aliphatic heterocycles. The highest BCUT2D eigenvalue weighted by molar-refractivity contribution is 6.05. The minimum atomic E-state index is -0.437. The first kappa shape index (κ1) is 16.8. The zero-order chi connectivity index (χ0) is 16.9. The second-order valence-corrected chi connectivity index (χ2v) is 6.21. The number of aromatic nitrogens is 1. The zero-order valence-electron chi connectivity index (χ0n) is 13.5. The van der Waals surface area contributed by atoms with Gasteiger partial charge in [0.15, 0.2) is 0 Å². The standard InChI is InChI=1S/C18H22FN3O2/c19-14-11-13-3-1-6-20-17(13)16(12-14)18(24)21-7-2-8-22-9-4-15(23)5-10-22/h1,3,6,11-12,15,23H,2,4-5,7-10H2,(H,21,24). The molecule has 1 saturated heterocycles. The molecule has 128 valence electrons. The quantitative estimate of drug-likeness (QED) is 0.822. The van der Waals surface area contributed by atoms with Gasteiger partial charge < -0.3 is 15.3 Å². The van der Waals surface area contributed by atoms with Gasteiger partial charge in [-0.3, -0.25) is 9.78 Å². The summed E-state index contributed by atoms with van der Waals surface area (Å²) in [7, 11) is 0. The highest BCUT2D eigenvalue weighted by Gasteiger charge is 2.17. The molecule has 2 aromatic rings. The fraction of sp³-hybridized carbons (Fsp3) is 0.444. The molecule has 1 aromatic heterocycles. The lowest BCUT2D eigenvalue weighted by atomic mass is 10.1. The van der Waals surface area contributed by atoms with Crippen molar-refractivity contribution in [1.82, 2.24) is 15.2 Å². The van der Waals surface area contributed by atoms with Crippen LogP contribution in [0.4, 0.5) is 4.39 Å². The third-order valence-corrected chi connectivity index (χ3v) is 4.41. The van der Waals surface area contributed by atoms with E-state index in [4.69, 9.17) is 0 Å². The molecule has 0 saturated carbocycles. The number of nitrogens with one attached hydrogen (secondary N) is 1. The Morgan fingerprint density at radius 1 is 1.38 bits per heavy atom. The van der Waals surface area contributed by atoms with Crippen molar-refractivity contribution in [3.63, 3.8) is 0 Å². The summed E-state index contributed by atoms with van der Waals surface area (Å²) in [5.41, 5.74) is 0.785. The summed E-state index contributed by atoms with van der Waals surface area (Å²) in [6.07, 6.45) is 3.87. The number of hydrogen-bond donors (Lipinski definition) is 2. The molecule has 24 heavy (non-hydrogen) atoms. The number of amides is 1. The lowest BCUT2D eigenvalue weighted by Crippen LogP contribution is -2.37. The molecule has 0 unspecified atom stereocenters. The molecule has 0 spiro atoms. The van der Waals surface area contributed by atoms with Crippen molar-refractivity contribution < 1.29 is 14.3 Å². The van der Waals surface area contributed by atoms with Gasteiger partial charge in [-0.1, -0.05) is 6.07 Å². The second kappa shape index (κ2) is 7.68. The lowest BCUT2D eigenvalue weighted by molar-refractivity contribution is 0.0816. The number of pyridine rings is 1. The van der Waals surface area contributed by atoms with Crippen LogP contribution in [0.2, 0.25) is 0 Å². The number of piperidine rings is 1. The van der Waals surface area contributed by atoms with E-state index in [9.17, 15) is 14.3 Å². The summed E-state index contributed by atoms with van der Waals surface area (Å²) < 4.78 is 13.7.